The predicted octanol–water partition coefficient (Wildman–Crippen LogP) is 4.04. The first-order valence-electron chi connectivity index (χ1n) is 5.96. The van der Waals surface area contributed by atoms with E-state index in [1.165, 1.54) is 4.90 Å². The van der Waals surface area contributed by atoms with E-state index in [-0.39, 0.29) is 6.04 Å². The van der Waals surface area contributed by atoms with Crippen molar-refractivity contribution in [2.75, 3.05) is 6.26 Å². The fourth-order valence-corrected chi connectivity index (χ4v) is 3.08. The molecular formula is C14H18N2S2. The van der Waals surface area contributed by atoms with Crippen LogP contribution >= 0.6 is 23.1 Å². The van der Waals surface area contributed by atoms with E-state index < -0.39 is 0 Å². The standard InChI is InChI=1S/C14H18N2S2/c1-9(2)12-8-18-14(16-12)13(15)10-4-6-11(17-3)7-5-10/h4-9,13H,15H2,1-3H3. The van der Waals surface area contributed by atoms with Gasteiger partial charge in [0, 0.05) is 10.3 Å². The van der Waals surface area contributed by atoms with E-state index in [1.807, 2.05) is 0 Å². The van der Waals surface area contributed by atoms with Gasteiger partial charge in [-0.25, -0.2) is 4.98 Å². The van der Waals surface area contributed by atoms with E-state index in [9.17, 15) is 0 Å². The summed E-state index contributed by atoms with van der Waals surface area (Å²) in [4.78, 5) is 5.87. The van der Waals surface area contributed by atoms with Crippen molar-refractivity contribution in [2.45, 2.75) is 30.7 Å². The summed E-state index contributed by atoms with van der Waals surface area (Å²) < 4.78 is 0. The summed E-state index contributed by atoms with van der Waals surface area (Å²) in [5.41, 5.74) is 8.52. The molecule has 18 heavy (non-hydrogen) atoms. The first kappa shape index (κ1) is 13.6. The van der Waals surface area contributed by atoms with Crippen LogP contribution < -0.4 is 5.73 Å². The van der Waals surface area contributed by atoms with Gasteiger partial charge in [-0.1, -0.05) is 26.0 Å². The largest absolute Gasteiger partial charge is 0.318 e. The zero-order valence-electron chi connectivity index (χ0n) is 10.9. The van der Waals surface area contributed by atoms with Crippen LogP contribution in [0.2, 0.25) is 0 Å². The summed E-state index contributed by atoms with van der Waals surface area (Å²) in [7, 11) is 0. The van der Waals surface area contributed by atoms with Crippen molar-refractivity contribution in [1.82, 2.24) is 4.98 Å². The van der Waals surface area contributed by atoms with Crippen LogP contribution in [0.3, 0.4) is 0 Å². The number of hydrogen-bond donors (Lipinski definition) is 1. The number of thioether (sulfide) groups is 1. The molecule has 2 aromatic rings. The fraction of sp³-hybridized carbons (Fsp3) is 0.357. The first-order chi connectivity index (χ1) is 8.61. The van der Waals surface area contributed by atoms with Crippen molar-refractivity contribution < 1.29 is 0 Å². The number of benzene rings is 1. The lowest BCUT2D eigenvalue weighted by Gasteiger charge is -2.09. The lowest BCUT2D eigenvalue weighted by molar-refractivity contribution is 0.795. The van der Waals surface area contributed by atoms with Gasteiger partial charge in [-0.2, -0.15) is 0 Å². The Labute approximate surface area is 117 Å². The summed E-state index contributed by atoms with van der Waals surface area (Å²) >= 11 is 3.39. The molecule has 0 spiro atoms. The van der Waals surface area contributed by atoms with Crippen molar-refractivity contribution in [3.8, 4) is 0 Å². The third-order valence-electron chi connectivity index (χ3n) is 2.87. The van der Waals surface area contributed by atoms with Gasteiger partial charge in [-0.05, 0) is 29.9 Å². The van der Waals surface area contributed by atoms with Crippen molar-refractivity contribution in [2.24, 2.45) is 5.73 Å². The molecule has 2 nitrogen and oxygen atoms in total. The SMILES string of the molecule is CSc1ccc(C(N)c2nc(C(C)C)cs2)cc1. The van der Waals surface area contributed by atoms with Gasteiger partial charge in [0.25, 0.3) is 0 Å². The highest BCUT2D eigenvalue weighted by Crippen LogP contribution is 2.27. The lowest BCUT2D eigenvalue weighted by Crippen LogP contribution is -2.11. The Kier molecular flexibility index (Phi) is 4.43. The lowest BCUT2D eigenvalue weighted by atomic mass is 10.1. The zero-order valence-corrected chi connectivity index (χ0v) is 12.5. The highest BCUT2D eigenvalue weighted by Gasteiger charge is 2.14. The van der Waals surface area contributed by atoms with Gasteiger partial charge < -0.3 is 5.73 Å². The minimum atomic E-state index is -0.113. The maximum absolute atomic E-state index is 6.26. The summed E-state index contributed by atoms with van der Waals surface area (Å²) in [6, 6.07) is 8.28. The molecule has 96 valence electrons. The summed E-state index contributed by atoms with van der Waals surface area (Å²) in [5, 5.41) is 3.10. The smallest absolute Gasteiger partial charge is 0.114 e. The van der Waals surface area contributed by atoms with E-state index in [0.29, 0.717) is 5.92 Å². The van der Waals surface area contributed by atoms with E-state index >= 15 is 0 Å². The van der Waals surface area contributed by atoms with E-state index in [4.69, 9.17) is 5.73 Å². The van der Waals surface area contributed by atoms with Crippen LogP contribution in [-0.4, -0.2) is 11.2 Å². The Morgan fingerprint density at radius 3 is 2.39 bits per heavy atom. The van der Waals surface area contributed by atoms with Gasteiger partial charge in [0.05, 0.1) is 11.7 Å². The Bertz CT molecular complexity index is 503. The molecule has 0 aliphatic rings. The molecule has 0 bridgehead atoms. The van der Waals surface area contributed by atoms with Crippen LogP contribution in [0, 0.1) is 0 Å². The van der Waals surface area contributed by atoms with Crippen molar-refractivity contribution in [3.05, 3.63) is 45.9 Å². The van der Waals surface area contributed by atoms with Crippen LogP contribution in [0.4, 0.5) is 0 Å². The highest BCUT2D eigenvalue weighted by molar-refractivity contribution is 7.98. The molecule has 0 saturated carbocycles. The Balaban J connectivity index is 2.20. The average Bonchev–Trinajstić information content (AvgIpc) is 2.88. The number of thiazole rings is 1. The van der Waals surface area contributed by atoms with Gasteiger partial charge in [-0.15, -0.1) is 23.1 Å². The molecule has 0 radical (unpaired) electrons. The Morgan fingerprint density at radius 2 is 1.89 bits per heavy atom. The van der Waals surface area contributed by atoms with Crippen LogP contribution in [0.5, 0.6) is 0 Å². The Morgan fingerprint density at radius 1 is 1.22 bits per heavy atom. The van der Waals surface area contributed by atoms with Crippen LogP contribution in [0.25, 0.3) is 0 Å². The molecule has 0 fully saturated rings. The second-order valence-corrected chi connectivity index (χ2v) is 6.29. The molecule has 2 N–H and O–H groups in total. The molecule has 0 aliphatic heterocycles. The molecule has 4 heteroatoms. The monoisotopic (exact) mass is 278 g/mol. The molecule has 1 aromatic carbocycles. The number of nitrogens with two attached hydrogens (primary N) is 1. The van der Waals surface area contributed by atoms with Gasteiger partial charge in [0.2, 0.25) is 0 Å². The van der Waals surface area contributed by atoms with Gasteiger partial charge in [0.1, 0.15) is 5.01 Å². The minimum Gasteiger partial charge on any atom is -0.318 e. The third kappa shape index (κ3) is 2.94. The molecular weight excluding hydrogens is 260 g/mol. The second-order valence-electron chi connectivity index (χ2n) is 4.52. The number of aromatic nitrogens is 1. The molecule has 1 unspecified atom stereocenters. The topological polar surface area (TPSA) is 38.9 Å². The maximum Gasteiger partial charge on any atom is 0.114 e. The molecule has 1 aromatic heterocycles. The molecule has 0 amide bonds. The third-order valence-corrected chi connectivity index (χ3v) is 4.56. The molecule has 1 atom stereocenters. The Hall–Kier alpha value is -0.840. The van der Waals surface area contributed by atoms with Crippen LogP contribution in [0.15, 0.2) is 34.5 Å². The number of rotatable bonds is 4. The van der Waals surface area contributed by atoms with Crippen molar-refractivity contribution in [1.29, 1.82) is 0 Å². The van der Waals surface area contributed by atoms with Crippen molar-refractivity contribution >= 4 is 23.1 Å². The maximum atomic E-state index is 6.26. The second kappa shape index (κ2) is 5.87. The average molecular weight is 278 g/mol. The molecule has 1 heterocycles. The van der Waals surface area contributed by atoms with E-state index in [1.54, 1.807) is 23.1 Å². The van der Waals surface area contributed by atoms with Gasteiger partial charge in [-0.3, -0.25) is 0 Å². The molecule has 0 aliphatic carbocycles. The fourth-order valence-electron chi connectivity index (χ4n) is 1.66. The number of hydrogen-bond acceptors (Lipinski definition) is 4. The zero-order chi connectivity index (χ0) is 13.1. The number of nitrogens with zero attached hydrogens (tertiary/aromatic N) is 1. The van der Waals surface area contributed by atoms with Gasteiger partial charge in [0.15, 0.2) is 0 Å². The summed E-state index contributed by atoms with van der Waals surface area (Å²) in [6.45, 7) is 4.30. The normalized spacial score (nSPS) is 12.9. The molecule has 2 rings (SSSR count). The van der Waals surface area contributed by atoms with Crippen LogP contribution in [0.1, 0.15) is 42.1 Å². The molecule has 0 saturated heterocycles. The first-order valence-corrected chi connectivity index (χ1v) is 8.07. The highest BCUT2D eigenvalue weighted by atomic mass is 32.2. The summed E-state index contributed by atoms with van der Waals surface area (Å²) in [6.07, 6.45) is 2.07. The summed E-state index contributed by atoms with van der Waals surface area (Å²) in [5.74, 6) is 0.459. The van der Waals surface area contributed by atoms with Gasteiger partial charge >= 0.3 is 0 Å². The predicted molar refractivity (Wildman–Crippen MR) is 80.5 cm³/mol. The quantitative estimate of drug-likeness (QED) is 0.858. The van der Waals surface area contributed by atoms with Crippen LogP contribution in [-0.2, 0) is 0 Å². The minimum absolute atomic E-state index is 0.113. The van der Waals surface area contributed by atoms with E-state index in [0.717, 1.165) is 16.3 Å². The van der Waals surface area contributed by atoms with Crippen molar-refractivity contribution in [3.63, 3.8) is 0 Å². The van der Waals surface area contributed by atoms with E-state index in [2.05, 4.69) is 54.7 Å².